The number of nitro benzene ring substituents is 1. The second-order valence-corrected chi connectivity index (χ2v) is 8.08. The standard InChI is InChI=1S/C18H18N4O7S/c1-21(30(25,26)16-7-5-4-6-13(16)22(23)24)11-17-19-18(20-29-17)12-8-9-14(27-2)15(10-12)28-3/h4-10H,11H2,1-3H3. The SMILES string of the molecule is COc1ccc(-c2noc(CN(C)S(=O)(=O)c3ccccc3[N+](=O)[O-])n2)cc1OC. The Morgan fingerprint density at radius 3 is 2.50 bits per heavy atom. The normalized spacial score (nSPS) is 11.5. The summed E-state index contributed by atoms with van der Waals surface area (Å²) in [5.41, 5.74) is 0.0627. The van der Waals surface area contributed by atoms with E-state index in [-0.39, 0.29) is 18.3 Å². The van der Waals surface area contributed by atoms with Gasteiger partial charge in [0, 0.05) is 18.7 Å². The molecule has 0 radical (unpaired) electrons. The zero-order valence-electron chi connectivity index (χ0n) is 16.3. The molecule has 0 saturated carbocycles. The van der Waals surface area contributed by atoms with E-state index in [4.69, 9.17) is 14.0 Å². The van der Waals surface area contributed by atoms with E-state index >= 15 is 0 Å². The zero-order chi connectivity index (χ0) is 21.9. The molecule has 0 bridgehead atoms. The fourth-order valence-corrected chi connectivity index (χ4v) is 3.95. The number of aromatic nitrogens is 2. The Hall–Kier alpha value is -3.51. The van der Waals surface area contributed by atoms with Crippen LogP contribution < -0.4 is 9.47 Å². The van der Waals surface area contributed by atoms with Crippen molar-refractivity contribution in [2.75, 3.05) is 21.3 Å². The van der Waals surface area contributed by atoms with Crippen LogP contribution in [0.25, 0.3) is 11.4 Å². The number of nitrogens with zero attached hydrogens (tertiary/aromatic N) is 4. The minimum atomic E-state index is -4.16. The number of rotatable bonds is 8. The molecular formula is C18H18N4O7S. The molecule has 3 aromatic rings. The summed E-state index contributed by atoms with van der Waals surface area (Å²) in [7, 11) is 0.113. The van der Waals surface area contributed by atoms with E-state index in [2.05, 4.69) is 10.1 Å². The number of hydrogen-bond donors (Lipinski definition) is 0. The topological polar surface area (TPSA) is 138 Å². The van der Waals surface area contributed by atoms with E-state index in [1.807, 2.05) is 0 Å². The minimum Gasteiger partial charge on any atom is -0.493 e. The van der Waals surface area contributed by atoms with E-state index in [1.54, 1.807) is 18.2 Å². The second-order valence-electron chi connectivity index (χ2n) is 6.07. The Labute approximate surface area is 172 Å². The maximum atomic E-state index is 12.8. The molecule has 0 aliphatic rings. The number of methoxy groups -OCH3 is 2. The van der Waals surface area contributed by atoms with Gasteiger partial charge in [0.05, 0.1) is 25.7 Å². The molecule has 0 unspecified atom stereocenters. The van der Waals surface area contributed by atoms with Crippen LogP contribution in [0.5, 0.6) is 11.5 Å². The Bertz CT molecular complexity index is 1180. The molecule has 0 N–H and O–H groups in total. The first-order chi connectivity index (χ1) is 14.3. The van der Waals surface area contributed by atoms with Crippen molar-refractivity contribution in [1.29, 1.82) is 0 Å². The number of ether oxygens (including phenoxy) is 2. The van der Waals surface area contributed by atoms with Crippen LogP contribution in [-0.4, -0.2) is 49.1 Å². The molecule has 3 rings (SSSR count). The maximum Gasteiger partial charge on any atom is 0.289 e. The summed E-state index contributed by atoms with van der Waals surface area (Å²) in [4.78, 5) is 14.2. The second kappa shape index (κ2) is 8.47. The summed E-state index contributed by atoms with van der Waals surface area (Å²) in [5.74, 6) is 1.24. The molecule has 0 aliphatic carbocycles. The van der Waals surface area contributed by atoms with Crippen LogP contribution in [0.15, 0.2) is 51.9 Å². The average Bonchev–Trinajstić information content (AvgIpc) is 3.21. The average molecular weight is 434 g/mol. The van der Waals surface area contributed by atoms with Gasteiger partial charge in [-0.3, -0.25) is 10.1 Å². The van der Waals surface area contributed by atoms with Crippen molar-refractivity contribution in [1.82, 2.24) is 14.4 Å². The van der Waals surface area contributed by atoms with Gasteiger partial charge in [0.25, 0.3) is 5.69 Å². The molecule has 1 aromatic heterocycles. The molecule has 30 heavy (non-hydrogen) atoms. The third-order valence-corrected chi connectivity index (χ3v) is 6.07. The van der Waals surface area contributed by atoms with E-state index in [0.717, 1.165) is 10.4 Å². The van der Waals surface area contributed by atoms with E-state index in [0.29, 0.717) is 17.1 Å². The summed E-state index contributed by atoms with van der Waals surface area (Å²) in [6.07, 6.45) is 0. The first-order valence-electron chi connectivity index (χ1n) is 8.52. The first-order valence-corrected chi connectivity index (χ1v) is 9.96. The van der Waals surface area contributed by atoms with Gasteiger partial charge in [0.1, 0.15) is 0 Å². The molecule has 0 atom stereocenters. The molecule has 158 valence electrons. The van der Waals surface area contributed by atoms with Gasteiger partial charge in [-0.2, -0.15) is 9.29 Å². The smallest absolute Gasteiger partial charge is 0.289 e. The van der Waals surface area contributed by atoms with Gasteiger partial charge in [-0.15, -0.1) is 0 Å². The largest absolute Gasteiger partial charge is 0.493 e. The number of para-hydroxylation sites is 1. The van der Waals surface area contributed by atoms with Gasteiger partial charge in [0.15, 0.2) is 16.4 Å². The van der Waals surface area contributed by atoms with Gasteiger partial charge in [-0.25, -0.2) is 8.42 Å². The highest BCUT2D eigenvalue weighted by Crippen LogP contribution is 2.31. The fraction of sp³-hybridized carbons (Fsp3) is 0.222. The highest BCUT2D eigenvalue weighted by atomic mass is 32.2. The van der Waals surface area contributed by atoms with Crippen molar-refractivity contribution in [3.05, 3.63) is 58.5 Å². The predicted molar refractivity (Wildman–Crippen MR) is 105 cm³/mol. The first kappa shape index (κ1) is 21.2. The predicted octanol–water partition coefficient (Wildman–Crippen LogP) is 2.48. The van der Waals surface area contributed by atoms with Crippen LogP contribution in [0.1, 0.15) is 5.89 Å². The van der Waals surface area contributed by atoms with Crippen molar-refractivity contribution in [3.8, 4) is 22.9 Å². The summed E-state index contributed by atoms with van der Waals surface area (Å²) in [6.45, 7) is -0.269. The molecule has 2 aromatic carbocycles. The lowest BCUT2D eigenvalue weighted by Gasteiger charge is -2.14. The van der Waals surface area contributed by atoms with E-state index in [1.165, 1.54) is 39.5 Å². The van der Waals surface area contributed by atoms with Crippen LogP contribution in [-0.2, 0) is 16.6 Å². The summed E-state index contributed by atoms with van der Waals surface area (Å²) < 4.78 is 42.1. The van der Waals surface area contributed by atoms with Crippen molar-refractivity contribution >= 4 is 15.7 Å². The Balaban J connectivity index is 1.85. The third-order valence-electron chi connectivity index (χ3n) is 4.22. The van der Waals surface area contributed by atoms with Gasteiger partial charge >= 0.3 is 0 Å². The highest BCUT2D eigenvalue weighted by molar-refractivity contribution is 7.89. The lowest BCUT2D eigenvalue weighted by Crippen LogP contribution is -2.27. The van der Waals surface area contributed by atoms with Crippen LogP contribution in [0, 0.1) is 10.1 Å². The summed E-state index contributed by atoms with van der Waals surface area (Å²) >= 11 is 0. The van der Waals surface area contributed by atoms with Crippen molar-refractivity contribution in [2.45, 2.75) is 11.4 Å². The lowest BCUT2D eigenvalue weighted by molar-refractivity contribution is -0.387. The number of benzene rings is 2. The monoisotopic (exact) mass is 434 g/mol. The van der Waals surface area contributed by atoms with E-state index in [9.17, 15) is 18.5 Å². The van der Waals surface area contributed by atoms with Gasteiger partial charge in [-0.05, 0) is 24.3 Å². The van der Waals surface area contributed by atoms with Crippen LogP contribution in [0.2, 0.25) is 0 Å². The Morgan fingerprint density at radius 2 is 1.83 bits per heavy atom. The van der Waals surface area contributed by atoms with Crippen LogP contribution in [0.4, 0.5) is 5.69 Å². The molecule has 12 heteroatoms. The molecule has 0 saturated heterocycles. The molecule has 0 fully saturated rings. The van der Waals surface area contributed by atoms with Crippen molar-refractivity contribution in [3.63, 3.8) is 0 Å². The van der Waals surface area contributed by atoms with Crippen LogP contribution in [0.3, 0.4) is 0 Å². The van der Waals surface area contributed by atoms with Gasteiger partial charge < -0.3 is 14.0 Å². The molecular weight excluding hydrogens is 416 g/mol. The molecule has 0 amide bonds. The third kappa shape index (κ3) is 4.09. The Kier molecular flexibility index (Phi) is 5.99. The lowest BCUT2D eigenvalue weighted by atomic mass is 10.2. The maximum absolute atomic E-state index is 12.8. The van der Waals surface area contributed by atoms with Crippen molar-refractivity contribution in [2.24, 2.45) is 0 Å². The quantitative estimate of drug-likeness (QED) is 0.386. The molecule has 0 aliphatic heterocycles. The van der Waals surface area contributed by atoms with Gasteiger partial charge in [-0.1, -0.05) is 17.3 Å². The fourth-order valence-electron chi connectivity index (χ4n) is 2.68. The highest BCUT2D eigenvalue weighted by Gasteiger charge is 2.30. The summed E-state index contributed by atoms with van der Waals surface area (Å²) in [5, 5.41) is 15.0. The minimum absolute atomic E-state index is 0.0180. The number of hydrogen-bond acceptors (Lipinski definition) is 9. The number of nitro groups is 1. The Morgan fingerprint density at radius 1 is 1.13 bits per heavy atom. The number of sulfonamides is 1. The van der Waals surface area contributed by atoms with E-state index < -0.39 is 25.5 Å². The van der Waals surface area contributed by atoms with Crippen molar-refractivity contribution < 1.29 is 27.3 Å². The molecule has 1 heterocycles. The zero-order valence-corrected chi connectivity index (χ0v) is 17.1. The van der Waals surface area contributed by atoms with Crippen LogP contribution >= 0.6 is 0 Å². The molecule has 11 nitrogen and oxygen atoms in total. The summed E-state index contributed by atoms with van der Waals surface area (Å²) in [6, 6.07) is 10.1. The molecule has 0 spiro atoms. The van der Waals surface area contributed by atoms with Gasteiger partial charge in [0.2, 0.25) is 21.7 Å².